The molecule has 1 unspecified atom stereocenters. The third-order valence-corrected chi connectivity index (χ3v) is 3.05. The first kappa shape index (κ1) is 9.54. The molecular weight excluding hydrogens is 202 g/mol. The van der Waals surface area contributed by atoms with E-state index in [4.69, 9.17) is 5.73 Å². The topological polar surface area (TPSA) is 70.3 Å². The van der Waals surface area contributed by atoms with Crippen molar-refractivity contribution in [1.82, 2.24) is 0 Å². The summed E-state index contributed by atoms with van der Waals surface area (Å²) < 4.78 is 0. The van der Waals surface area contributed by atoms with E-state index in [2.05, 4.69) is 10.6 Å². The minimum atomic E-state index is -0.00590. The van der Waals surface area contributed by atoms with Gasteiger partial charge in [-0.1, -0.05) is 0 Å². The Kier molecular flexibility index (Phi) is 2.04. The first-order valence-electron chi connectivity index (χ1n) is 5.54. The van der Waals surface area contributed by atoms with Crippen LogP contribution >= 0.6 is 0 Å². The number of hydrogen-bond acceptors (Lipinski definition) is 4. The van der Waals surface area contributed by atoms with E-state index in [9.17, 15) is 5.11 Å². The van der Waals surface area contributed by atoms with E-state index in [1.165, 1.54) is 5.57 Å². The quantitative estimate of drug-likeness (QED) is 0.538. The molecule has 4 heteroatoms. The molecule has 1 aliphatic carbocycles. The molecule has 1 heterocycles. The van der Waals surface area contributed by atoms with Crippen LogP contribution in [0.5, 0.6) is 0 Å². The van der Waals surface area contributed by atoms with Crippen LogP contribution in [-0.2, 0) is 0 Å². The molecule has 3 rings (SSSR count). The summed E-state index contributed by atoms with van der Waals surface area (Å²) >= 11 is 0. The molecule has 4 nitrogen and oxygen atoms in total. The van der Waals surface area contributed by atoms with Crippen LogP contribution in [-0.4, -0.2) is 17.8 Å². The van der Waals surface area contributed by atoms with Crippen LogP contribution in [0, 0.1) is 0 Å². The second kappa shape index (κ2) is 3.42. The molecular formula is C12H15N3O. The Hall–Kier alpha value is -1.68. The van der Waals surface area contributed by atoms with E-state index < -0.39 is 0 Å². The molecule has 0 radical (unpaired) electrons. The van der Waals surface area contributed by atoms with Crippen LogP contribution in [0.15, 0.2) is 29.5 Å². The third-order valence-electron chi connectivity index (χ3n) is 3.05. The first-order chi connectivity index (χ1) is 7.78. The van der Waals surface area contributed by atoms with Gasteiger partial charge in [-0.25, -0.2) is 0 Å². The second-order valence-electron chi connectivity index (χ2n) is 4.33. The van der Waals surface area contributed by atoms with E-state index in [1.54, 1.807) is 0 Å². The van der Waals surface area contributed by atoms with Crippen molar-refractivity contribution in [3.63, 3.8) is 0 Å². The van der Waals surface area contributed by atoms with Crippen LogP contribution in [0.3, 0.4) is 0 Å². The summed E-state index contributed by atoms with van der Waals surface area (Å²) in [5.41, 5.74) is 11.0. The fraction of sp³-hybridized carbons (Fsp3) is 0.333. The number of aliphatic hydroxyl groups excluding tert-OH is 1. The molecule has 0 saturated heterocycles. The normalized spacial score (nSPS) is 22.2. The molecule has 1 aromatic carbocycles. The van der Waals surface area contributed by atoms with Crippen LogP contribution in [0.2, 0.25) is 0 Å². The zero-order valence-corrected chi connectivity index (χ0v) is 8.96. The number of nitrogens with one attached hydrogen (secondary N) is 2. The molecule has 0 amide bonds. The average molecular weight is 217 g/mol. The number of allylic oxidation sites excluding steroid dienone is 1. The first-order valence-corrected chi connectivity index (χ1v) is 5.54. The lowest BCUT2D eigenvalue weighted by molar-refractivity contribution is 0.286. The summed E-state index contributed by atoms with van der Waals surface area (Å²) in [6, 6.07) is 5.71. The van der Waals surface area contributed by atoms with Gasteiger partial charge >= 0.3 is 0 Å². The van der Waals surface area contributed by atoms with Gasteiger partial charge < -0.3 is 21.5 Å². The van der Waals surface area contributed by atoms with Gasteiger partial charge in [0.25, 0.3) is 0 Å². The van der Waals surface area contributed by atoms with Crippen LogP contribution in [0.1, 0.15) is 12.8 Å². The third kappa shape index (κ3) is 1.51. The van der Waals surface area contributed by atoms with E-state index in [0.717, 1.165) is 35.6 Å². The van der Waals surface area contributed by atoms with Crippen LogP contribution < -0.4 is 16.4 Å². The SMILES string of the molecule is Nc1ccc2c(c1)NC(=C1CC1)C(CO)N2. The zero-order chi connectivity index (χ0) is 11.1. The average Bonchev–Trinajstić information content (AvgIpc) is 3.11. The molecule has 84 valence electrons. The predicted molar refractivity (Wildman–Crippen MR) is 65.2 cm³/mol. The molecule has 1 aliphatic heterocycles. The fourth-order valence-electron chi connectivity index (χ4n) is 2.09. The highest BCUT2D eigenvalue weighted by molar-refractivity contribution is 5.78. The van der Waals surface area contributed by atoms with Gasteiger partial charge in [0, 0.05) is 11.4 Å². The summed E-state index contributed by atoms with van der Waals surface area (Å²) in [5.74, 6) is 0. The lowest BCUT2D eigenvalue weighted by atomic mass is 10.1. The summed E-state index contributed by atoms with van der Waals surface area (Å²) in [7, 11) is 0. The molecule has 2 aliphatic rings. The second-order valence-corrected chi connectivity index (χ2v) is 4.33. The maximum absolute atomic E-state index is 9.36. The monoisotopic (exact) mass is 217 g/mol. The largest absolute Gasteiger partial charge is 0.399 e. The van der Waals surface area contributed by atoms with Gasteiger partial charge in [0.2, 0.25) is 0 Å². The Morgan fingerprint density at radius 3 is 2.81 bits per heavy atom. The maximum Gasteiger partial charge on any atom is 0.0895 e. The summed E-state index contributed by atoms with van der Waals surface area (Å²) in [6.45, 7) is 0.107. The van der Waals surface area contributed by atoms with Crippen molar-refractivity contribution in [3.8, 4) is 0 Å². The van der Waals surface area contributed by atoms with Gasteiger partial charge in [-0.3, -0.25) is 0 Å². The summed E-state index contributed by atoms with van der Waals surface area (Å²) in [6.07, 6.45) is 2.27. The number of anilines is 3. The number of fused-ring (bicyclic) bond motifs is 1. The van der Waals surface area contributed by atoms with Crippen molar-refractivity contribution in [3.05, 3.63) is 29.5 Å². The predicted octanol–water partition coefficient (Wildman–Crippen LogP) is 1.51. The van der Waals surface area contributed by atoms with Crippen molar-refractivity contribution < 1.29 is 5.11 Å². The molecule has 1 saturated carbocycles. The van der Waals surface area contributed by atoms with E-state index in [1.807, 2.05) is 18.2 Å². The standard InChI is InChI=1S/C12H15N3O/c13-8-3-4-9-10(5-8)15-12(7-1-2-7)11(6-16)14-9/h3-5,11,14-16H,1-2,6,13H2. The number of hydrogen-bond donors (Lipinski definition) is 4. The Labute approximate surface area is 94.2 Å². The van der Waals surface area contributed by atoms with Gasteiger partial charge in [0.05, 0.1) is 24.0 Å². The number of nitrogens with two attached hydrogens (primary N) is 1. The molecule has 0 aromatic heterocycles. The van der Waals surface area contributed by atoms with Gasteiger partial charge in [-0.05, 0) is 36.6 Å². The highest BCUT2D eigenvalue weighted by atomic mass is 16.3. The lowest BCUT2D eigenvalue weighted by Gasteiger charge is -2.30. The Bertz CT molecular complexity index is 461. The fourth-order valence-corrected chi connectivity index (χ4v) is 2.09. The van der Waals surface area contributed by atoms with Crippen molar-refractivity contribution >= 4 is 17.1 Å². The molecule has 5 N–H and O–H groups in total. The molecule has 0 spiro atoms. The van der Waals surface area contributed by atoms with Gasteiger partial charge in [-0.2, -0.15) is 0 Å². The number of nitrogen functional groups attached to an aromatic ring is 1. The Morgan fingerprint density at radius 1 is 1.31 bits per heavy atom. The van der Waals surface area contributed by atoms with Crippen molar-refractivity contribution in [2.45, 2.75) is 18.9 Å². The minimum absolute atomic E-state index is 0.00590. The summed E-state index contributed by atoms with van der Waals surface area (Å²) in [4.78, 5) is 0. The molecule has 1 aromatic rings. The molecule has 1 atom stereocenters. The molecule has 1 fully saturated rings. The van der Waals surface area contributed by atoms with Crippen LogP contribution in [0.4, 0.5) is 17.1 Å². The van der Waals surface area contributed by atoms with E-state index >= 15 is 0 Å². The smallest absolute Gasteiger partial charge is 0.0895 e. The van der Waals surface area contributed by atoms with E-state index in [0.29, 0.717) is 0 Å². The van der Waals surface area contributed by atoms with Gasteiger partial charge in [0.15, 0.2) is 0 Å². The number of rotatable bonds is 1. The van der Waals surface area contributed by atoms with Crippen molar-refractivity contribution in [2.24, 2.45) is 0 Å². The highest BCUT2D eigenvalue weighted by Gasteiger charge is 2.28. The van der Waals surface area contributed by atoms with Crippen molar-refractivity contribution in [1.29, 1.82) is 0 Å². The Morgan fingerprint density at radius 2 is 2.12 bits per heavy atom. The van der Waals surface area contributed by atoms with Crippen molar-refractivity contribution in [2.75, 3.05) is 23.0 Å². The maximum atomic E-state index is 9.36. The van der Waals surface area contributed by atoms with E-state index in [-0.39, 0.29) is 12.6 Å². The number of benzene rings is 1. The summed E-state index contributed by atoms with van der Waals surface area (Å²) in [5, 5.41) is 16.1. The number of aliphatic hydroxyl groups is 1. The lowest BCUT2D eigenvalue weighted by Crippen LogP contribution is -2.34. The van der Waals surface area contributed by atoms with Gasteiger partial charge in [0.1, 0.15) is 0 Å². The van der Waals surface area contributed by atoms with Crippen LogP contribution in [0.25, 0.3) is 0 Å². The zero-order valence-electron chi connectivity index (χ0n) is 8.96. The highest BCUT2D eigenvalue weighted by Crippen LogP contribution is 2.39. The van der Waals surface area contributed by atoms with Gasteiger partial charge in [-0.15, -0.1) is 0 Å². The molecule has 0 bridgehead atoms. The minimum Gasteiger partial charge on any atom is -0.399 e. The Balaban J connectivity index is 2.01. The molecule has 16 heavy (non-hydrogen) atoms.